The number of hydrogen-bond acceptors (Lipinski definition) is 9. The smallest absolute Gasteiger partial charge is 0.414 e. The van der Waals surface area contributed by atoms with Crippen LogP contribution in [0.15, 0.2) is 31.0 Å². The fraction of sp³-hybridized carbons (Fsp3) is 0.656. The Morgan fingerprint density at radius 3 is 2.37 bits per heavy atom. The quantitative estimate of drug-likeness (QED) is 0.361. The zero-order valence-electron chi connectivity index (χ0n) is 26.1. The minimum atomic E-state index is -1.16. The Kier molecular flexibility index (Phi) is 8.58. The van der Waals surface area contributed by atoms with E-state index in [0.717, 1.165) is 6.42 Å². The fourth-order valence-corrected chi connectivity index (χ4v) is 7.82. The molecule has 3 amide bonds. The number of ether oxygens (including phenoxy) is 2. The van der Waals surface area contributed by atoms with Crippen molar-refractivity contribution < 1.29 is 38.9 Å². The highest BCUT2D eigenvalue weighted by Gasteiger charge is 2.70. The van der Waals surface area contributed by atoms with Gasteiger partial charge in [0, 0.05) is 22.9 Å². The summed E-state index contributed by atoms with van der Waals surface area (Å²) in [7, 11) is 0. The second-order valence-corrected chi connectivity index (χ2v) is 14.1. The number of amides is 3. The Balaban J connectivity index is 1.57. The minimum absolute atomic E-state index is 0.0508. The molecule has 3 saturated carbocycles. The molecule has 43 heavy (non-hydrogen) atoms. The number of nitrogens with one attached hydrogen (secondary N) is 2. The molecule has 0 aromatic carbocycles. The summed E-state index contributed by atoms with van der Waals surface area (Å²) < 4.78 is 11.2. The van der Waals surface area contributed by atoms with Gasteiger partial charge >= 0.3 is 12.2 Å². The number of carbonyl (C=O) groups is 4. The molecule has 2 unspecified atom stereocenters. The zero-order chi connectivity index (χ0) is 32.1. The van der Waals surface area contributed by atoms with E-state index >= 15 is 0 Å². The molecule has 9 atom stereocenters. The molecule has 0 spiro atoms. The number of ketones is 1. The number of rotatable bonds is 4. The van der Waals surface area contributed by atoms with E-state index in [1.54, 1.807) is 26.8 Å². The van der Waals surface area contributed by atoms with E-state index in [9.17, 15) is 29.4 Å². The van der Waals surface area contributed by atoms with Crippen molar-refractivity contribution in [2.75, 3.05) is 5.32 Å². The Bertz CT molecular complexity index is 1290. The first kappa shape index (κ1) is 32.6. The summed E-state index contributed by atoms with van der Waals surface area (Å²) >= 11 is 0. The monoisotopic (exact) mass is 599 g/mol. The van der Waals surface area contributed by atoms with Gasteiger partial charge in [-0.05, 0) is 75.8 Å². The van der Waals surface area contributed by atoms with Crippen LogP contribution in [-0.2, 0) is 14.3 Å². The molecular weight excluding hydrogens is 554 g/mol. The summed E-state index contributed by atoms with van der Waals surface area (Å²) in [5.74, 6) is -1.91. The first-order chi connectivity index (χ1) is 19.9. The van der Waals surface area contributed by atoms with Crippen LogP contribution in [0.3, 0.4) is 0 Å². The summed E-state index contributed by atoms with van der Waals surface area (Å²) in [5.41, 5.74) is -3.06. The van der Waals surface area contributed by atoms with Crippen LogP contribution in [0.1, 0.15) is 84.5 Å². The van der Waals surface area contributed by atoms with Crippen LogP contribution in [0.5, 0.6) is 0 Å². The molecular formula is C32H45N3O8. The Morgan fingerprint density at radius 2 is 1.79 bits per heavy atom. The maximum Gasteiger partial charge on any atom is 0.414 e. The number of carbonyl (C=O) groups excluding carboxylic acids is 4. The molecule has 3 fully saturated rings. The Labute approximate surface area is 252 Å². The van der Waals surface area contributed by atoms with Crippen molar-refractivity contribution in [2.24, 2.45) is 34.0 Å². The number of imide groups is 1. The van der Waals surface area contributed by atoms with Crippen molar-refractivity contribution in [3.63, 3.8) is 0 Å². The molecule has 4 N–H and O–H groups in total. The SMILES string of the molecule is C=C[C@]1(C)C[C@@H](OC(=O)NC(=O)c2ccc(NC(=O)OC(C)(C)C)nc2)[C@]2(C)C(C)CC[C@]3(C[C@H](O)C(=O)C32)[C@@H](C)[C@@H]1O. The van der Waals surface area contributed by atoms with Crippen LogP contribution in [0, 0.1) is 34.0 Å². The second kappa shape index (κ2) is 11.3. The van der Waals surface area contributed by atoms with Crippen molar-refractivity contribution >= 4 is 29.7 Å². The first-order valence-electron chi connectivity index (χ1n) is 14.9. The van der Waals surface area contributed by atoms with Gasteiger partial charge in [0.1, 0.15) is 23.6 Å². The predicted octanol–water partition coefficient (Wildman–Crippen LogP) is 4.63. The maximum absolute atomic E-state index is 13.6. The Morgan fingerprint density at radius 1 is 1.12 bits per heavy atom. The largest absolute Gasteiger partial charge is 0.445 e. The van der Waals surface area contributed by atoms with E-state index in [-0.39, 0.29) is 41.8 Å². The molecule has 0 saturated heterocycles. The number of aliphatic hydroxyl groups is 2. The predicted molar refractivity (Wildman–Crippen MR) is 158 cm³/mol. The van der Waals surface area contributed by atoms with E-state index in [4.69, 9.17) is 9.47 Å². The van der Waals surface area contributed by atoms with Gasteiger partial charge in [0.15, 0.2) is 5.78 Å². The van der Waals surface area contributed by atoms with Gasteiger partial charge in [-0.25, -0.2) is 14.6 Å². The number of nitrogens with zero attached hydrogens (tertiary/aromatic N) is 1. The van der Waals surface area contributed by atoms with E-state index < -0.39 is 64.2 Å². The number of Topliss-reactive ketones (excluding diaryl/α,β-unsaturated/α-hetero) is 1. The number of pyridine rings is 1. The summed E-state index contributed by atoms with van der Waals surface area (Å²) in [6, 6.07) is 2.79. The normalized spacial score (nSPS) is 37.3. The van der Waals surface area contributed by atoms with Crippen LogP contribution in [-0.4, -0.2) is 63.0 Å². The number of aliphatic hydroxyl groups excluding tert-OH is 2. The molecule has 3 aliphatic rings. The second-order valence-electron chi connectivity index (χ2n) is 14.1. The van der Waals surface area contributed by atoms with Gasteiger partial charge in [0.2, 0.25) is 0 Å². The topological polar surface area (TPSA) is 164 Å². The molecule has 11 nitrogen and oxygen atoms in total. The number of alkyl carbamates (subject to hydrolysis) is 1. The third kappa shape index (κ3) is 5.81. The molecule has 236 valence electrons. The van der Waals surface area contributed by atoms with E-state index in [1.807, 2.05) is 27.7 Å². The highest BCUT2D eigenvalue weighted by molar-refractivity contribution is 6.03. The van der Waals surface area contributed by atoms with Crippen LogP contribution < -0.4 is 10.6 Å². The maximum atomic E-state index is 13.6. The zero-order valence-corrected chi connectivity index (χ0v) is 26.1. The van der Waals surface area contributed by atoms with E-state index in [0.29, 0.717) is 6.42 Å². The van der Waals surface area contributed by atoms with Crippen molar-refractivity contribution in [1.29, 1.82) is 0 Å². The minimum Gasteiger partial charge on any atom is -0.445 e. The molecule has 0 radical (unpaired) electrons. The third-order valence-corrected chi connectivity index (χ3v) is 10.4. The van der Waals surface area contributed by atoms with Crippen molar-refractivity contribution in [3.05, 3.63) is 36.5 Å². The van der Waals surface area contributed by atoms with Crippen molar-refractivity contribution in [2.45, 2.75) is 98.1 Å². The Hall–Kier alpha value is -3.31. The standard InChI is InChI=1S/C32H45N3O8/c1-9-30(7)15-21(31(8)17(2)12-13-32(18(3)25(30)38)14-20(36)23(37)24(31)32)42-27(40)35-26(39)19-10-11-22(33-16-19)34-28(41)43-29(4,5)6/h9-11,16-18,20-21,24-25,36,38H,1,12-15H2,2-8H3,(H,33,34,41)(H,35,39,40)/t17?,18-,20-,21+,24?,25-,30+,31-,32-/m0/s1. The van der Waals surface area contributed by atoms with Gasteiger partial charge < -0.3 is 19.7 Å². The van der Waals surface area contributed by atoms with Gasteiger partial charge in [-0.1, -0.05) is 33.8 Å². The first-order valence-corrected chi connectivity index (χ1v) is 14.9. The van der Waals surface area contributed by atoms with Crippen LogP contribution in [0.25, 0.3) is 0 Å². The van der Waals surface area contributed by atoms with Gasteiger partial charge in [0.05, 0.1) is 11.7 Å². The lowest BCUT2D eigenvalue weighted by atomic mass is 9.44. The summed E-state index contributed by atoms with van der Waals surface area (Å²) in [5, 5.41) is 27.2. The summed E-state index contributed by atoms with van der Waals surface area (Å²) in [6.45, 7) is 16.9. The number of hydrogen-bond donors (Lipinski definition) is 4. The van der Waals surface area contributed by atoms with Crippen LogP contribution in [0.2, 0.25) is 0 Å². The average molecular weight is 600 g/mol. The van der Waals surface area contributed by atoms with E-state index in [1.165, 1.54) is 18.3 Å². The van der Waals surface area contributed by atoms with E-state index in [2.05, 4.69) is 22.2 Å². The fourth-order valence-electron chi connectivity index (χ4n) is 7.82. The molecule has 1 heterocycles. The van der Waals surface area contributed by atoms with Gasteiger partial charge in [0.25, 0.3) is 5.91 Å². The number of aromatic nitrogens is 1. The molecule has 1 aromatic rings. The van der Waals surface area contributed by atoms with Crippen molar-refractivity contribution in [1.82, 2.24) is 10.3 Å². The lowest BCUT2D eigenvalue weighted by molar-refractivity contribution is -0.191. The molecule has 4 rings (SSSR count). The molecule has 11 heteroatoms. The summed E-state index contributed by atoms with van der Waals surface area (Å²) in [4.78, 5) is 55.9. The molecule has 2 bridgehead atoms. The number of anilines is 1. The van der Waals surface area contributed by atoms with Crippen LogP contribution >= 0.6 is 0 Å². The highest BCUT2D eigenvalue weighted by atomic mass is 16.6. The summed E-state index contributed by atoms with van der Waals surface area (Å²) in [6.07, 6.45) is 0.0288. The molecule has 0 aliphatic heterocycles. The van der Waals surface area contributed by atoms with Gasteiger partial charge in [-0.15, -0.1) is 6.58 Å². The lowest BCUT2D eigenvalue weighted by Gasteiger charge is -2.61. The third-order valence-electron chi connectivity index (χ3n) is 10.4. The average Bonchev–Trinajstić information content (AvgIpc) is 3.19. The highest BCUT2D eigenvalue weighted by Crippen LogP contribution is 2.68. The molecule has 1 aromatic heterocycles. The van der Waals surface area contributed by atoms with Gasteiger partial charge in [-0.3, -0.25) is 20.2 Å². The lowest BCUT2D eigenvalue weighted by Crippen LogP contribution is -2.63. The molecule has 3 aliphatic carbocycles. The van der Waals surface area contributed by atoms with Crippen molar-refractivity contribution in [3.8, 4) is 0 Å². The van der Waals surface area contributed by atoms with Gasteiger partial charge in [-0.2, -0.15) is 0 Å². The van der Waals surface area contributed by atoms with Crippen LogP contribution in [0.4, 0.5) is 15.4 Å².